The van der Waals surface area contributed by atoms with Crippen LogP contribution in [0.4, 0.5) is 0 Å². The monoisotopic (exact) mass is 279 g/mol. The summed E-state index contributed by atoms with van der Waals surface area (Å²) < 4.78 is 1.04. The first kappa shape index (κ1) is 14.6. The van der Waals surface area contributed by atoms with Crippen molar-refractivity contribution in [1.29, 1.82) is 0 Å². The molecule has 1 aromatic heterocycles. The molecule has 6 nitrogen and oxygen atoms in total. The molecule has 1 aliphatic carbocycles. The molecular weight excluding hydrogens is 258 g/mol. The molecule has 1 aromatic rings. The largest absolute Gasteiger partial charge is 0.351 e. The van der Waals surface area contributed by atoms with Gasteiger partial charge >= 0.3 is 0 Å². The lowest BCUT2D eigenvalue weighted by atomic mass is 9.78. The summed E-state index contributed by atoms with van der Waals surface area (Å²) in [7, 11) is 0. The zero-order valence-corrected chi connectivity index (χ0v) is 11.9. The SMILES string of the molecule is C[C@H]1[C@H](C)CCC[C@H]1NC(=O)Cn1[nH]c(=O)ccc1=O. The molecule has 6 heteroatoms. The quantitative estimate of drug-likeness (QED) is 0.844. The summed E-state index contributed by atoms with van der Waals surface area (Å²) in [4.78, 5) is 34.7. The average molecular weight is 279 g/mol. The van der Waals surface area contributed by atoms with E-state index in [1.807, 2.05) is 0 Å². The fraction of sp³-hybridized carbons (Fsp3) is 0.643. The normalized spacial score (nSPS) is 26.2. The predicted octanol–water partition coefficient (Wildman–Crippen LogP) is 0.477. The van der Waals surface area contributed by atoms with E-state index in [1.165, 1.54) is 6.42 Å². The van der Waals surface area contributed by atoms with E-state index in [-0.39, 0.29) is 24.1 Å². The number of aromatic amines is 1. The Bertz CT molecular complexity index is 590. The van der Waals surface area contributed by atoms with E-state index in [1.54, 1.807) is 0 Å². The van der Waals surface area contributed by atoms with Gasteiger partial charge in [-0.2, -0.15) is 0 Å². The molecule has 0 unspecified atom stereocenters. The van der Waals surface area contributed by atoms with Gasteiger partial charge in [-0.1, -0.05) is 26.7 Å². The summed E-state index contributed by atoms with van der Waals surface area (Å²) in [5, 5.41) is 5.32. The van der Waals surface area contributed by atoms with Crippen molar-refractivity contribution < 1.29 is 4.79 Å². The lowest BCUT2D eigenvalue weighted by Crippen LogP contribution is -2.46. The average Bonchev–Trinajstić information content (AvgIpc) is 2.39. The molecule has 1 fully saturated rings. The van der Waals surface area contributed by atoms with Crippen LogP contribution in [0.15, 0.2) is 21.7 Å². The summed E-state index contributed by atoms with van der Waals surface area (Å²) >= 11 is 0. The number of aromatic nitrogens is 2. The number of carbonyl (C=O) groups is 1. The number of hydrogen-bond acceptors (Lipinski definition) is 3. The second-order valence-electron chi connectivity index (χ2n) is 5.68. The van der Waals surface area contributed by atoms with Crippen molar-refractivity contribution in [3.05, 3.63) is 32.8 Å². The van der Waals surface area contributed by atoms with Crippen LogP contribution in [0.1, 0.15) is 33.1 Å². The number of carbonyl (C=O) groups excluding carboxylic acids is 1. The maximum atomic E-state index is 12.0. The van der Waals surface area contributed by atoms with Crippen molar-refractivity contribution in [3.8, 4) is 0 Å². The molecule has 3 atom stereocenters. The molecule has 0 aliphatic heterocycles. The van der Waals surface area contributed by atoms with Gasteiger partial charge in [0.25, 0.3) is 11.1 Å². The standard InChI is InChI=1S/C14H21N3O3/c1-9-4-3-5-11(10(9)2)15-13(19)8-17-14(20)7-6-12(18)16-17/h6-7,9-11H,3-5,8H2,1-2H3,(H,15,19)(H,16,18)/t9-,10+,11-/m1/s1. The van der Waals surface area contributed by atoms with Gasteiger partial charge in [0, 0.05) is 18.2 Å². The fourth-order valence-electron chi connectivity index (χ4n) is 2.76. The summed E-state index contributed by atoms with van der Waals surface area (Å²) in [5.41, 5.74) is -0.776. The molecule has 1 heterocycles. The van der Waals surface area contributed by atoms with Crippen LogP contribution in [-0.4, -0.2) is 21.7 Å². The van der Waals surface area contributed by atoms with Crippen molar-refractivity contribution >= 4 is 5.91 Å². The highest BCUT2D eigenvalue weighted by Crippen LogP contribution is 2.29. The topological polar surface area (TPSA) is 84.0 Å². The van der Waals surface area contributed by atoms with Crippen LogP contribution in [0.25, 0.3) is 0 Å². The van der Waals surface area contributed by atoms with Gasteiger partial charge in [-0.05, 0) is 18.3 Å². The zero-order chi connectivity index (χ0) is 14.7. The minimum atomic E-state index is -0.392. The van der Waals surface area contributed by atoms with Gasteiger partial charge in [-0.15, -0.1) is 0 Å². The molecule has 1 amide bonds. The Kier molecular flexibility index (Phi) is 4.42. The van der Waals surface area contributed by atoms with E-state index in [9.17, 15) is 14.4 Å². The molecule has 0 saturated heterocycles. The number of rotatable bonds is 3. The van der Waals surface area contributed by atoms with Crippen molar-refractivity contribution in [2.24, 2.45) is 11.8 Å². The number of amides is 1. The maximum absolute atomic E-state index is 12.0. The number of H-pyrrole nitrogens is 1. The van der Waals surface area contributed by atoms with Gasteiger partial charge in [0.1, 0.15) is 6.54 Å². The summed E-state index contributed by atoms with van der Waals surface area (Å²) in [6.45, 7) is 4.19. The van der Waals surface area contributed by atoms with Gasteiger partial charge in [-0.25, -0.2) is 4.68 Å². The van der Waals surface area contributed by atoms with E-state index in [2.05, 4.69) is 24.3 Å². The Morgan fingerprint density at radius 3 is 2.85 bits per heavy atom. The van der Waals surface area contributed by atoms with Crippen LogP contribution in [0.2, 0.25) is 0 Å². The van der Waals surface area contributed by atoms with Crippen molar-refractivity contribution in [1.82, 2.24) is 15.1 Å². The van der Waals surface area contributed by atoms with Crippen LogP contribution >= 0.6 is 0 Å². The van der Waals surface area contributed by atoms with E-state index in [4.69, 9.17) is 0 Å². The third-order valence-corrected chi connectivity index (χ3v) is 4.24. The molecule has 0 aromatic carbocycles. The molecule has 1 saturated carbocycles. The highest BCUT2D eigenvalue weighted by atomic mass is 16.2. The smallest absolute Gasteiger partial charge is 0.265 e. The van der Waals surface area contributed by atoms with Crippen molar-refractivity contribution in [2.45, 2.75) is 45.7 Å². The molecule has 0 radical (unpaired) electrons. The minimum absolute atomic E-state index is 0.146. The molecular formula is C14H21N3O3. The molecule has 2 rings (SSSR count). The van der Waals surface area contributed by atoms with E-state index >= 15 is 0 Å². The van der Waals surface area contributed by atoms with E-state index in [0.717, 1.165) is 29.7 Å². The third kappa shape index (κ3) is 3.37. The zero-order valence-electron chi connectivity index (χ0n) is 11.9. The summed E-state index contributed by atoms with van der Waals surface area (Å²) in [6, 6.07) is 2.47. The second kappa shape index (κ2) is 6.07. The molecule has 20 heavy (non-hydrogen) atoms. The lowest BCUT2D eigenvalue weighted by molar-refractivity contribution is -0.123. The van der Waals surface area contributed by atoms with Gasteiger partial charge in [0.15, 0.2) is 0 Å². The van der Waals surface area contributed by atoms with Crippen molar-refractivity contribution in [3.63, 3.8) is 0 Å². The van der Waals surface area contributed by atoms with Crippen LogP contribution in [-0.2, 0) is 11.3 Å². The minimum Gasteiger partial charge on any atom is -0.351 e. The molecule has 1 aliphatic rings. The first-order chi connectivity index (χ1) is 9.47. The molecule has 2 N–H and O–H groups in total. The predicted molar refractivity (Wildman–Crippen MR) is 75.4 cm³/mol. The maximum Gasteiger partial charge on any atom is 0.265 e. The van der Waals surface area contributed by atoms with Crippen LogP contribution in [0.3, 0.4) is 0 Å². The number of hydrogen-bond donors (Lipinski definition) is 2. The Morgan fingerprint density at radius 2 is 2.10 bits per heavy atom. The van der Waals surface area contributed by atoms with Gasteiger partial charge in [-0.3, -0.25) is 19.5 Å². The number of nitrogens with one attached hydrogen (secondary N) is 2. The Balaban J connectivity index is 2.00. The summed E-state index contributed by atoms with van der Waals surface area (Å²) in [5.74, 6) is 0.785. The Hall–Kier alpha value is -1.85. The second-order valence-corrected chi connectivity index (χ2v) is 5.68. The fourth-order valence-corrected chi connectivity index (χ4v) is 2.76. The first-order valence-electron chi connectivity index (χ1n) is 7.07. The van der Waals surface area contributed by atoms with Crippen LogP contribution in [0, 0.1) is 11.8 Å². The van der Waals surface area contributed by atoms with Crippen molar-refractivity contribution in [2.75, 3.05) is 0 Å². The van der Waals surface area contributed by atoms with Gasteiger partial charge < -0.3 is 5.32 Å². The van der Waals surface area contributed by atoms with E-state index in [0.29, 0.717) is 11.8 Å². The number of nitrogens with zero attached hydrogens (tertiary/aromatic N) is 1. The van der Waals surface area contributed by atoms with Gasteiger partial charge in [0.05, 0.1) is 0 Å². The van der Waals surface area contributed by atoms with Crippen LogP contribution < -0.4 is 16.4 Å². The van der Waals surface area contributed by atoms with Gasteiger partial charge in [0.2, 0.25) is 5.91 Å². The molecule has 0 spiro atoms. The highest BCUT2D eigenvalue weighted by Gasteiger charge is 2.28. The van der Waals surface area contributed by atoms with Crippen LogP contribution in [0.5, 0.6) is 0 Å². The lowest BCUT2D eigenvalue weighted by Gasteiger charge is -2.34. The summed E-state index contributed by atoms with van der Waals surface area (Å²) in [6.07, 6.45) is 3.27. The third-order valence-electron chi connectivity index (χ3n) is 4.24. The molecule has 0 bridgehead atoms. The molecule has 110 valence electrons. The highest BCUT2D eigenvalue weighted by molar-refractivity contribution is 5.75. The van der Waals surface area contributed by atoms with E-state index < -0.39 is 5.56 Å². The Labute approximate surface area is 117 Å². The Morgan fingerprint density at radius 1 is 1.35 bits per heavy atom. The first-order valence-corrected chi connectivity index (χ1v) is 7.07.